The Balaban J connectivity index is 2.12. The van der Waals surface area contributed by atoms with Gasteiger partial charge in [-0.3, -0.25) is 9.78 Å². The quantitative estimate of drug-likeness (QED) is 0.777. The second kappa shape index (κ2) is 6.58. The topological polar surface area (TPSA) is 50.2 Å². The minimum absolute atomic E-state index is 0.262. The van der Waals surface area contributed by atoms with Gasteiger partial charge in [0.2, 0.25) is 0 Å². The van der Waals surface area contributed by atoms with Gasteiger partial charge in [-0.05, 0) is 41.5 Å². The first-order valence-electron chi connectivity index (χ1n) is 7.25. The van der Waals surface area contributed by atoms with Crippen LogP contribution in [-0.4, -0.2) is 16.1 Å². The molecule has 0 aliphatic heterocycles. The second-order valence-corrected chi connectivity index (χ2v) is 5.32. The number of pyridine rings is 1. The molecule has 0 saturated heterocycles. The van der Waals surface area contributed by atoms with Crippen LogP contribution >= 0.6 is 0 Å². The zero-order valence-corrected chi connectivity index (χ0v) is 12.5. The molecule has 0 unspecified atom stereocenters. The number of rotatable bonds is 4. The smallest absolute Gasteiger partial charge is 0.307 e. The molecular formula is C19H13F2NO2. The van der Waals surface area contributed by atoms with Gasteiger partial charge < -0.3 is 5.11 Å². The van der Waals surface area contributed by atoms with Gasteiger partial charge in [0.1, 0.15) is 11.6 Å². The molecule has 0 radical (unpaired) electrons. The molecule has 0 spiro atoms. The Labute approximate surface area is 137 Å². The van der Waals surface area contributed by atoms with Gasteiger partial charge in [0, 0.05) is 17.3 Å². The van der Waals surface area contributed by atoms with Crippen molar-refractivity contribution in [2.75, 3.05) is 0 Å². The van der Waals surface area contributed by atoms with Crippen molar-refractivity contribution in [1.82, 2.24) is 4.98 Å². The molecular weight excluding hydrogens is 312 g/mol. The summed E-state index contributed by atoms with van der Waals surface area (Å²) in [5.41, 5.74) is 2.54. The molecule has 0 amide bonds. The van der Waals surface area contributed by atoms with Crippen molar-refractivity contribution >= 4 is 5.97 Å². The Morgan fingerprint density at radius 2 is 1.54 bits per heavy atom. The fraction of sp³-hybridized carbons (Fsp3) is 0.0526. The Bertz CT molecular complexity index is 909. The highest BCUT2D eigenvalue weighted by molar-refractivity contribution is 5.77. The van der Waals surface area contributed by atoms with E-state index >= 15 is 0 Å². The molecule has 3 nitrogen and oxygen atoms in total. The van der Waals surface area contributed by atoms with Crippen LogP contribution in [-0.2, 0) is 11.2 Å². The van der Waals surface area contributed by atoms with E-state index in [-0.39, 0.29) is 12.2 Å². The molecule has 0 bridgehead atoms. The van der Waals surface area contributed by atoms with Gasteiger partial charge >= 0.3 is 5.97 Å². The average Bonchev–Trinajstić information content (AvgIpc) is 2.54. The van der Waals surface area contributed by atoms with Crippen molar-refractivity contribution in [3.8, 4) is 22.4 Å². The molecule has 24 heavy (non-hydrogen) atoms. The zero-order chi connectivity index (χ0) is 17.1. The number of carboxylic acids is 1. The molecule has 5 heteroatoms. The molecule has 1 N–H and O–H groups in total. The van der Waals surface area contributed by atoms with Crippen molar-refractivity contribution in [3.63, 3.8) is 0 Å². The van der Waals surface area contributed by atoms with Gasteiger partial charge in [0.15, 0.2) is 0 Å². The Kier molecular flexibility index (Phi) is 4.33. The third kappa shape index (κ3) is 3.46. The lowest BCUT2D eigenvalue weighted by atomic mass is 9.99. The van der Waals surface area contributed by atoms with Crippen LogP contribution < -0.4 is 0 Å². The lowest BCUT2D eigenvalue weighted by Gasteiger charge is -2.10. The molecule has 0 aliphatic carbocycles. The van der Waals surface area contributed by atoms with E-state index in [4.69, 9.17) is 5.11 Å². The monoisotopic (exact) mass is 325 g/mol. The molecule has 3 rings (SSSR count). The number of carbonyl (C=O) groups is 1. The summed E-state index contributed by atoms with van der Waals surface area (Å²) >= 11 is 0. The highest BCUT2D eigenvalue weighted by Gasteiger charge is 2.13. The van der Waals surface area contributed by atoms with Crippen molar-refractivity contribution in [2.45, 2.75) is 6.42 Å². The maximum atomic E-state index is 13.4. The van der Waals surface area contributed by atoms with Crippen LogP contribution in [0.3, 0.4) is 0 Å². The summed E-state index contributed by atoms with van der Waals surface area (Å²) in [5, 5.41) is 9.14. The summed E-state index contributed by atoms with van der Waals surface area (Å²) < 4.78 is 26.8. The Morgan fingerprint density at radius 1 is 0.917 bits per heavy atom. The Hall–Kier alpha value is -3.08. The normalized spacial score (nSPS) is 10.6. The lowest BCUT2D eigenvalue weighted by molar-refractivity contribution is -0.136. The number of hydrogen-bond acceptors (Lipinski definition) is 2. The summed E-state index contributed by atoms with van der Waals surface area (Å²) in [6.45, 7) is 0. The molecule has 0 fully saturated rings. The molecule has 2 aromatic carbocycles. The number of halogens is 2. The average molecular weight is 325 g/mol. The molecule has 1 heterocycles. The number of carboxylic acid groups (broad SMARTS) is 1. The van der Waals surface area contributed by atoms with Gasteiger partial charge in [0.25, 0.3) is 0 Å². The van der Waals surface area contributed by atoms with Gasteiger partial charge in [-0.25, -0.2) is 8.78 Å². The number of benzene rings is 2. The first-order valence-corrected chi connectivity index (χ1v) is 7.25. The third-order valence-corrected chi connectivity index (χ3v) is 3.56. The standard InChI is InChI=1S/C19H13F2NO2/c20-16-5-1-3-12(8-16)15-7-14(10-18(23)24)19(22-11-15)13-4-2-6-17(21)9-13/h1-9,11H,10H2,(H,23,24). The van der Waals surface area contributed by atoms with Crippen LogP contribution in [0, 0.1) is 11.6 Å². The molecule has 1 aromatic heterocycles. The highest BCUT2D eigenvalue weighted by Crippen LogP contribution is 2.28. The second-order valence-electron chi connectivity index (χ2n) is 5.32. The summed E-state index contributed by atoms with van der Waals surface area (Å²) in [5.74, 6) is -1.84. The number of hydrogen-bond donors (Lipinski definition) is 1. The van der Waals surface area contributed by atoms with E-state index in [9.17, 15) is 13.6 Å². The molecule has 0 saturated carbocycles. The predicted octanol–water partition coefficient (Wildman–Crippen LogP) is 4.32. The van der Waals surface area contributed by atoms with Crippen LogP contribution in [0.5, 0.6) is 0 Å². The van der Waals surface area contributed by atoms with Gasteiger partial charge in [-0.2, -0.15) is 0 Å². The fourth-order valence-corrected chi connectivity index (χ4v) is 2.53. The summed E-state index contributed by atoms with van der Waals surface area (Å²) in [6.07, 6.45) is 1.27. The van der Waals surface area contributed by atoms with E-state index in [2.05, 4.69) is 4.98 Å². The first kappa shape index (κ1) is 15.8. The van der Waals surface area contributed by atoms with E-state index in [1.807, 2.05) is 0 Å². The van der Waals surface area contributed by atoms with Crippen molar-refractivity contribution in [3.05, 3.63) is 78.0 Å². The van der Waals surface area contributed by atoms with Crippen molar-refractivity contribution in [1.29, 1.82) is 0 Å². The summed E-state index contributed by atoms with van der Waals surface area (Å²) in [6, 6.07) is 13.4. The maximum Gasteiger partial charge on any atom is 0.307 e. The Morgan fingerprint density at radius 3 is 2.17 bits per heavy atom. The van der Waals surface area contributed by atoms with E-state index in [1.54, 1.807) is 24.3 Å². The van der Waals surface area contributed by atoms with E-state index in [0.29, 0.717) is 27.9 Å². The summed E-state index contributed by atoms with van der Waals surface area (Å²) in [7, 11) is 0. The molecule has 0 atom stereocenters. The van der Waals surface area contributed by atoms with Crippen molar-refractivity contribution in [2.24, 2.45) is 0 Å². The van der Waals surface area contributed by atoms with Gasteiger partial charge in [-0.1, -0.05) is 24.3 Å². The largest absolute Gasteiger partial charge is 0.481 e. The summed E-state index contributed by atoms with van der Waals surface area (Å²) in [4.78, 5) is 15.5. The lowest BCUT2D eigenvalue weighted by Crippen LogP contribution is -2.04. The fourth-order valence-electron chi connectivity index (χ4n) is 2.53. The van der Waals surface area contributed by atoms with Crippen molar-refractivity contribution < 1.29 is 18.7 Å². The third-order valence-electron chi connectivity index (χ3n) is 3.56. The predicted molar refractivity (Wildman–Crippen MR) is 86.4 cm³/mol. The highest BCUT2D eigenvalue weighted by atomic mass is 19.1. The SMILES string of the molecule is O=C(O)Cc1cc(-c2cccc(F)c2)cnc1-c1cccc(F)c1. The molecule has 0 aliphatic rings. The minimum atomic E-state index is -1.02. The van der Waals surface area contributed by atoms with Crippen LogP contribution in [0.2, 0.25) is 0 Å². The number of nitrogens with zero attached hydrogens (tertiary/aromatic N) is 1. The van der Waals surface area contributed by atoms with Crippen LogP contribution in [0.1, 0.15) is 5.56 Å². The molecule has 3 aromatic rings. The van der Waals surface area contributed by atoms with Gasteiger partial charge in [-0.15, -0.1) is 0 Å². The van der Waals surface area contributed by atoms with E-state index in [1.165, 1.54) is 36.5 Å². The van der Waals surface area contributed by atoms with Crippen LogP contribution in [0.4, 0.5) is 8.78 Å². The van der Waals surface area contributed by atoms with Crippen LogP contribution in [0.25, 0.3) is 22.4 Å². The number of aromatic nitrogens is 1. The van der Waals surface area contributed by atoms with Crippen LogP contribution in [0.15, 0.2) is 60.8 Å². The number of aliphatic carboxylic acids is 1. The van der Waals surface area contributed by atoms with E-state index < -0.39 is 11.8 Å². The van der Waals surface area contributed by atoms with Gasteiger partial charge in [0.05, 0.1) is 12.1 Å². The maximum absolute atomic E-state index is 13.4. The minimum Gasteiger partial charge on any atom is -0.481 e. The zero-order valence-electron chi connectivity index (χ0n) is 12.5. The molecule has 120 valence electrons. The van der Waals surface area contributed by atoms with E-state index in [0.717, 1.165) is 0 Å². The first-order chi connectivity index (χ1) is 11.5.